The molecule has 25 heavy (non-hydrogen) atoms. The smallest absolute Gasteiger partial charge is 0.311 e. The van der Waals surface area contributed by atoms with Crippen LogP contribution in [0.25, 0.3) is 10.9 Å². The highest BCUT2D eigenvalue weighted by Gasteiger charge is 2.18. The minimum Gasteiger partial charge on any atom is -0.502 e. The van der Waals surface area contributed by atoms with Gasteiger partial charge in [0, 0.05) is 23.5 Å². The van der Waals surface area contributed by atoms with Crippen molar-refractivity contribution in [1.29, 1.82) is 5.26 Å². The lowest BCUT2D eigenvalue weighted by molar-refractivity contribution is -0.385. The Hall–Kier alpha value is -3.86. The van der Waals surface area contributed by atoms with Crippen molar-refractivity contribution in [2.24, 2.45) is 0 Å². The third-order valence-corrected chi connectivity index (χ3v) is 3.73. The van der Waals surface area contributed by atoms with Gasteiger partial charge in [0.05, 0.1) is 10.5 Å². The van der Waals surface area contributed by atoms with Crippen molar-refractivity contribution in [3.8, 4) is 11.8 Å². The van der Waals surface area contributed by atoms with Gasteiger partial charge >= 0.3 is 5.69 Å². The Balaban J connectivity index is 1.83. The van der Waals surface area contributed by atoms with E-state index in [1.54, 1.807) is 24.3 Å². The van der Waals surface area contributed by atoms with Crippen LogP contribution in [0, 0.1) is 21.4 Å². The number of nitro benzene ring substituents is 1. The Labute approximate surface area is 141 Å². The number of amides is 1. The lowest BCUT2D eigenvalue weighted by Crippen LogP contribution is -2.24. The normalized spacial score (nSPS) is 10.4. The van der Waals surface area contributed by atoms with Crippen LogP contribution >= 0.6 is 0 Å². The zero-order valence-corrected chi connectivity index (χ0v) is 12.8. The molecular weight excluding hydrogens is 324 g/mol. The quantitative estimate of drug-likeness (QED) is 0.497. The number of carbonyl (C=O) groups excluding carboxylic acids is 1. The van der Waals surface area contributed by atoms with E-state index in [0.717, 1.165) is 0 Å². The molecule has 1 amide bonds. The molecule has 124 valence electrons. The number of nitriles is 1. The van der Waals surface area contributed by atoms with Crippen LogP contribution in [-0.4, -0.2) is 20.9 Å². The van der Waals surface area contributed by atoms with Gasteiger partial charge in [0.15, 0.2) is 5.75 Å². The first kappa shape index (κ1) is 16.0. The number of H-pyrrole nitrogens is 1. The maximum atomic E-state index is 12.4. The van der Waals surface area contributed by atoms with Gasteiger partial charge in [-0.25, -0.2) is 0 Å². The number of benzene rings is 2. The summed E-state index contributed by atoms with van der Waals surface area (Å²) >= 11 is 0. The highest BCUT2D eigenvalue weighted by atomic mass is 16.6. The van der Waals surface area contributed by atoms with E-state index in [-0.39, 0.29) is 17.8 Å². The van der Waals surface area contributed by atoms with Gasteiger partial charge in [-0.1, -0.05) is 24.3 Å². The average molecular weight is 336 g/mol. The first-order valence-corrected chi connectivity index (χ1v) is 7.26. The maximum absolute atomic E-state index is 12.4. The molecule has 0 aliphatic heterocycles. The van der Waals surface area contributed by atoms with Gasteiger partial charge in [0.25, 0.3) is 5.91 Å². The van der Waals surface area contributed by atoms with E-state index in [0.29, 0.717) is 16.5 Å². The summed E-state index contributed by atoms with van der Waals surface area (Å²) in [5.41, 5.74) is 1.06. The molecule has 1 aromatic heterocycles. The van der Waals surface area contributed by atoms with Crippen molar-refractivity contribution >= 4 is 22.5 Å². The summed E-state index contributed by atoms with van der Waals surface area (Å²) in [6.45, 7) is 0.0141. The molecule has 2 aromatic carbocycles. The Kier molecular flexibility index (Phi) is 4.05. The van der Waals surface area contributed by atoms with Crippen molar-refractivity contribution in [3.63, 3.8) is 0 Å². The first-order valence-electron chi connectivity index (χ1n) is 7.26. The Morgan fingerprint density at radius 2 is 2.08 bits per heavy atom. The summed E-state index contributed by atoms with van der Waals surface area (Å²) in [6.07, 6.45) is 0. The highest BCUT2D eigenvalue weighted by molar-refractivity contribution is 6.02. The van der Waals surface area contributed by atoms with Crippen LogP contribution in [0.4, 0.5) is 5.69 Å². The van der Waals surface area contributed by atoms with Crippen molar-refractivity contribution in [1.82, 2.24) is 10.3 Å². The van der Waals surface area contributed by atoms with E-state index in [1.165, 1.54) is 18.2 Å². The second-order valence-electron chi connectivity index (χ2n) is 5.30. The van der Waals surface area contributed by atoms with E-state index in [9.17, 15) is 25.3 Å². The van der Waals surface area contributed by atoms with Crippen molar-refractivity contribution in [3.05, 3.63) is 69.4 Å². The Bertz CT molecular complexity index is 1030. The van der Waals surface area contributed by atoms with Gasteiger partial charge in [-0.3, -0.25) is 14.9 Å². The zero-order valence-electron chi connectivity index (χ0n) is 12.8. The predicted molar refractivity (Wildman–Crippen MR) is 88.9 cm³/mol. The molecule has 0 aliphatic carbocycles. The van der Waals surface area contributed by atoms with Crippen molar-refractivity contribution in [2.75, 3.05) is 0 Å². The predicted octanol–water partition coefficient (Wildman–Crippen LogP) is 2.58. The van der Waals surface area contributed by atoms with E-state index < -0.39 is 22.3 Å². The van der Waals surface area contributed by atoms with Gasteiger partial charge in [0.2, 0.25) is 0 Å². The van der Waals surface area contributed by atoms with E-state index in [2.05, 4.69) is 10.3 Å². The van der Waals surface area contributed by atoms with Crippen LogP contribution in [0.2, 0.25) is 0 Å². The molecule has 0 spiro atoms. The monoisotopic (exact) mass is 336 g/mol. The van der Waals surface area contributed by atoms with Gasteiger partial charge in [0.1, 0.15) is 11.8 Å². The number of phenols is 1. The minimum absolute atomic E-state index is 0.0141. The second-order valence-corrected chi connectivity index (χ2v) is 5.30. The van der Waals surface area contributed by atoms with Crippen LogP contribution in [0.15, 0.2) is 42.5 Å². The van der Waals surface area contributed by atoms with E-state index in [4.69, 9.17) is 0 Å². The number of aromatic nitrogens is 1. The number of nitrogens with zero attached hydrogens (tertiary/aromatic N) is 2. The average Bonchev–Trinajstić information content (AvgIpc) is 2.99. The molecule has 0 aliphatic rings. The number of aromatic amines is 1. The van der Waals surface area contributed by atoms with Crippen LogP contribution in [0.5, 0.6) is 5.75 Å². The summed E-state index contributed by atoms with van der Waals surface area (Å²) in [6, 6.07) is 12.9. The summed E-state index contributed by atoms with van der Waals surface area (Å²) in [5.74, 6) is -0.939. The fraction of sp³-hybridized carbons (Fsp3) is 0.0588. The van der Waals surface area contributed by atoms with Crippen LogP contribution in [0.3, 0.4) is 0 Å². The molecule has 0 unspecified atom stereocenters. The SMILES string of the molecule is N#Cc1c(C(=O)NCc2ccc(O)c([N+](=O)[O-])c2)[nH]c2ccccc12. The number of aromatic hydroxyl groups is 1. The molecule has 0 saturated heterocycles. The molecule has 0 atom stereocenters. The molecule has 8 nitrogen and oxygen atoms in total. The number of carbonyl (C=O) groups is 1. The third-order valence-electron chi connectivity index (χ3n) is 3.73. The lowest BCUT2D eigenvalue weighted by atomic mass is 10.1. The standard InChI is InChI=1S/C17H12N4O4/c18-8-12-11-3-1-2-4-13(11)20-16(12)17(23)19-9-10-5-6-15(22)14(7-10)21(24)25/h1-7,20,22H,9H2,(H,19,23). The van der Waals surface area contributed by atoms with Crippen molar-refractivity contribution in [2.45, 2.75) is 6.54 Å². The molecule has 3 aromatic rings. The molecule has 0 saturated carbocycles. The molecule has 0 fully saturated rings. The number of phenolic OH excluding ortho intramolecular Hbond substituents is 1. The molecular formula is C17H12N4O4. The molecule has 3 rings (SSSR count). The largest absolute Gasteiger partial charge is 0.502 e. The van der Waals surface area contributed by atoms with Gasteiger partial charge in [-0.15, -0.1) is 0 Å². The maximum Gasteiger partial charge on any atom is 0.311 e. The summed E-state index contributed by atoms with van der Waals surface area (Å²) in [5, 5.41) is 32.8. The van der Waals surface area contributed by atoms with Gasteiger partial charge in [-0.05, 0) is 17.7 Å². The fourth-order valence-corrected chi connectivity index (χ4v) is 2.52. The molecule has 3 N–H and O–H groups in total. The number of para-hydroxylation sites is 1. The number of nitrogens with one attached hydrogen (secondary N) is 2. The number of nitro groups is 1. The lowest BCUT2D eigenvalue weighted by Gasteiger charge is -2.05. The minimum atomic E-state index is -0.702. The van der Waals surface area contributed by atoms with E-state index >= 15 is 0 Å². The molecule has 0 bridgehead atoms. The Morgan fingerprint density at radius 1 is 1.32 bits per heavy atom. The summed E-state index contributed by atoms with van der Waals surface area (Å²) in [7, 11) is 0. The third kappa shape index (κ3) is 2.98. The Morgan fingerprint density at radius 3 is 2.80 bits per heavy atom. The van der Waals surface area contributed by atoms with E-state index in [1.807, 2.05) is 6.07 Å². The first-order chi connectivity index (χ1) is 12.0. The number of rotatable bonds is 4. The zero-order chi connectivity index (χ0) is 18.0. The van der Waals surface area contributed by atoms with Crippen LogP contribution in [0.1, 0.15) is 21.6 Å². The topological polar surface area (TPSA) is 132 Å². The molecule has 8 heteroatoms. The van der Waals surface area contributed by atoms with Crippen LogP contribution in [-0.2, 0) is 6.54 Å². The van der Waals surface area contributed by atoms with Gasteiger partial charge in [-0.2, -0.15) is 5.26 Å². The molecule has 1 heterocycles. The number of hydrogen-bond acceptors (Lipinski definition) is 5. The van der Waals surface area contributed by atoms with Crippen LogP contribution < -0.4 is 5.32 Å². The summed E-state index contributed by atoms with van der Waals surface area (Å²) in [4.78, 5) is 25.4. The second kappa shape index (κ2) is 6.33. The number of hydrogen-bond donors (Lipinski definition) is 3. The van der Waals surface area contributed by atoms with Gasteiger partial charge < -0.3 is 15.4 Å². The van der Waals surface area contributed by atoms with Crippen molar-refractivity contribution < 1.29 is 14.8 Å². The highest BCUT2D eigenvalue weighted by Crippen LogP contribution is 2.26. The summed E-state index contributed by atoms with van der Waals surface area (Å²) < 4.78 is 0. The number of fused-ring (bicyclic) bond motifs is 1. The fourth-order valence-electron chi connectivity index (χ4n) is 2.52. The molecule has 0 radical (unpaired) electrons.